The second-order valence-electron chi connectivity index (χ2n) is 25.5. The fraction of sp³-hybridized carbons (Fsp3) is 0.656. The van der Waals surface area contributed by atoms with Crippen LogP contribution in [-0.4, -0.2) is 145 Å². The van der Waals surface area contributed by atoms with Crippen LogP contribution in [0.2, 0.25) is 0 Å². The number of carbonyl (C=O) groups excluding carboxylic acids is 6. The first-order chi connectivity index (χ1) is 40.0. The first-order valence-electron chi connectivity index (χ1n) is 30.3. The van der Waals surface area contributed by atoms with Crippen LogP contribution in [0.5, 0.6) is 0 Å². The third kappa shape index (κ3) is 30.5. The molecule has 2 aromatic carbocycles. The average molecular weight is 1210 g/mol. The van der Waals surface area contributed by atoms with Gasteiger partial charge in [0.15, 0.2) is 0 Å². The summed E-state index contributed by atoms with van der Waals surface area (Å²) in [7, 11) is 0. The highest BCUT2D eigenvalue weighted by molar-refractivity contribution is 8.00. The SMILES string of the molecule is CC(C)(C)OC(=O)N(CCCCCC(=O)Nc1ccn([C@H]2CS[C@@H](COC(=O)CCCCCN(CCCCCN(Cc3ccccc3)C(=O)OC(C)(C)C)C(=O)OC(C)(C)C)O2)c(=O)n1)CCCCCN(Cc1ccccc1)C(=O)OC(C)(C)C. The van der Waals surface area contributed by atoms with E-state index in [4.69, 9.17) is 28.4 Å². The van der Waals surface area contributed by atoms with E-state index in [2.05, 4.69) is 10.3 Å². The normalized spacial score (nSPS) is 14.4. The maximum atomic E-state index is 13.2. The molecule has 1 saturated heterocycles. The van der Waals surface area contributed by atoms with Gasteiger partial charge in [0.2, 0.25) is 5.91 Å². The smallest absolute Gasteiger partial charge is 0.410 e. The van der Waals surface area contributed by atoms with Crippen molar-refractivity contribution in [2.75, 3.05) is 56.9 Å². The molecule has 5 amide bonds. The topological polar surface area (TPSA) is 218 Å². The Bertz CT molecular complexity index is 2580. The molecule has 3 aromatic rings. The van der Waals surface area contributed by atoms with Crippen molar-refractivity contribution in [1.29, 1.82) is 0 Å². The third-order valence-corrected chi connectivity index (χ3v) is 14.0. The number of unbranched alkanes of at least 4 members (excludes halogenated alkanes) is 8. The molecule has 0 spiro atoms. The lowest BCUT2D eigenvalue weighted by molar-refractivity contribution is -0.147. The Morgan fingerprint density at radius 3 is 1.31 bits per heavy atom. The molecule has 474 valence electrons. The van der Waals surface area contributed by atoms with Gasteiger partial charge in [0, 0.05) is 77.1 Å². The van der Waals surface area contributed by atoms with E-state index in [9.17, 15) is 33.6 Å². The van der Waals surface area contributed by atoms with E-state index in [1.807, 2.05) is 144 Å². The summed E-state index contributed by atoms with van der Waals surface area (Å²) in [5.74, 6) is -0.102. The second kappa shape index (κ2) is 35.3. The summed E-state index contributed by atoms with van der Waals surface area (Å²) in [6.45, 7) is 25.9. The largest absolute Gasteiger partial charge is 0.462 e. The Morgan fingerprint density at radius 2 is 0.906 bits per heavy atom. The van der Waals surface area contributed by atoms with E-state index in [0.29, 0.717) is 103 Å². The predicted octanol–water partition coefficient (Wildman–Crippen LogP) is 13.1. The molecule has 0 aliphatic carbocycles. The molecule has 20 nitrogen and oxygen atoms in total. The van der Waals surface area contributed by atoms with Crippen molar-refractivity contribution in [3.8, 4) is 0 Å². The molecule has 0 bridgehead atoms. The quantitative estimate of drug-likeness (QED) is 0.0349. The zero-order chi connectivity index (χ0) is 62.6. The minimum atomic E-state index is -0.663. The highest BCUT2D eigenvalue weighted by Crippen LogP contribution is 2.31. The number of anilines is 1. The number of hydrogen-bond donors (Lipinski definition) is 1. The molecular weight excluding hydrogens is 1110 g/mol. The Hall–Kier alpha value is -6.35. The summed E-state index contributed by atoms with van der Waals surface area (Å²) < 4.78 is 35.8. The zero-order valence-corrected chi connectivity index (χ0v) is 53.8. The van der Waals surface area contributed by atoms with Gasteiger partial charge in [-0.25, -0.2) is 24.0 Å². The van der Waals surface area contributed by atoms with Crippen LogP contribution in [0.15, 0.2) is 77.7 Å². The fourth-order valence-corrected chi connectivity index (χ4v) is 9.86. The van der Waals surface area contributed by atoms with Gasteiger partial charge in [-0.2, -0.15) is 4.98 Å². The van der Waals surface area contributed by atoms with E-state index in [1.165, 1.54) is 22.5 Å². The molecule has 1 N–H and O–H groups in total. The monoisotopic (exact) mass is 1210 g/mol. The molecular formula is C64H99N7O13S. The van der Waals surface area contributed by atoms with Gasteiger partial charge < -0.3 is 53.3 Å². The van der Waals surface area contributed by atoms with Crippen LogP contribution in [-0.2, 0) is 51.1 Å². The highest BCUT2D eigenvalue weighted by atomic mass is 32.2. The van der Waals surface area contributed by atoms with E-state index in [1.54, 1.807) is 25.7 Å². The fourth-order valence-electron chi connectivity index (χ4n) is 8.87. The maximum Gasteiger partial charge on any atom is 0.410 e. The molecule has 1 aromatic heterocycles. The molecule has 0 radical (unpaired) electrons. The minimum Gasteiger partial charge on any atom is -0.462 e. The van der Waals surface area contributed by atoms with Crippen LogP contribution < -0.4 is 11.0 Å². The van der Waals surface area contributed by atoms with Crippen molar-refractivity contribution in [3.05, 3.63) is 94.5 Å². The Morgan fingerprint density at radius 1 is 0.529 bits per heavy atom. The number of rotatable bonds is 32. The number of carbonyl (C=O) groups is 6. The number of amides is 5. The van der Waals surface area contributed by atoms with Gasteiger partial charge in [0.05, 0.1) is 0 Å². The standard InChI is InChI=1S/C64H99N7O13S/c1-61(2,3)81-57(75)67(40-27-17-29-42-69(59(77)83-63(7,8)9)45-49-31-19-13-20-32-49)38-25-15-23-35-52(72)65-51-37-44-71(56(74)66-51)53-48-85-55(80-53)47-79-54(73)36-24-16-26-39-68(58(76)82-62(4,5)6)41-28-18-30-43-70(60(78)84-64(10,11)12)46-50-33-21-14-22-34-50/h13-14,19-22,31-34,37,44,53,55H,15-18,23-30,35-36,38-43,45-48H2,1-12H3,(H,65,66,72,74)/t53-,55+/m1/s1. The van der Waals surface area contributed by atoms with Crippen LogP contribution in [0.4, 0.5) is 25.0 Å². The first kappa shape index (κ1) is 71.1. The predicted molar refractivity (Wildman–Crippen MR) is 331 cm³/mol. The molecule has 21 heteroatoms. The van der Waals surface area contributed by atoms with Crippen molar-refractivity contribution >= 4 is 53.8 Å². The van der Waals surface area contributed by atoms with Crippen molar-refractivity contribution in [3.63, 3.8) is 0 Å². The van der Waals surface area contributed by atoms with Crippen LogP contribution in [0, 0.1) is 0 Å². The van der Waals surface area contributed by atoms with Crippen LogP contribution >= 0.6 is 11.8 Å². The summed E-state index contributed by atoms with van der Waals surface area (Å²) in [6.07, 6.45) is 8.07. The molecule has 1 fully saturated rings. The molecule has 4 rings (SSSR count). The van der Waals surface area contributed by atoms with Crippen LogP contribution in [0.1, 0.15) is 190 Å². The van der Waals surface area contributed by atoms with Gasteiger partial charge in [-0.3, -0.25) is 14.2 Å². The van der Waals surface area contributed by atoms with Gasteiger partial charge in [-0.05, 0) is 164 Å². The van der Waals surface area contributed by atoms with Crippen molar-refractivity contribution in [2.24, 2.45) is 0 Å². The van der Waals surface area contributed by atoms with Gasteiger partial charge in [0.1, 0.15) is 46.5 Å². The number of esters is 1. The summed E-state index contributed by atoms with van der Waals surface area (Å²) in [4.78, 5) is 102. The Kier molecular flexibility index (Phi) is 29.6. The van der Waals surface area contributed by atoms with Gasteiger partial charge in [-0.1, -0.05) is 73.5 Å². The average Bonchev–Trinajstić information content (AvgIpc) is 4.10. The molecule has 0 unspecified atom stereocenters. The molecule has 2 atom stereocenters. The van der Waals surface area contributed by atoms with Gasteiger partial charge in [0.25, 0.3) is 0 Å². The third-order valence-electron chi connectivity index (χ3n) is 12.9. The number of nitrogens with zero attached hydrogens (tertiary/aromatic N) is 6. The summed E-state index contributed by atoms with van der Waals surface area (Å²) >= 11 is 1.42. The van der Waals surface area contributed by atoms with Crippen LogP contribution in [0.25, 0.3) is 0 Å². The Labute approximate surface area is 509 Å². The molecule has 1 aliphatic heterocycles. The van der Waals surface area contributed by atoms with Gasteiger partial charge >= 0.3 is 36.0 Å². The zero-order valence-electron chi connectivity index (χ0n) is 53.0. The lowest BCUT2D eigenvalue weighted by Gasteiger charge is -2.28. The second-order valence-corrected chi connectivity index (χ2v) is 26.7. The highest BCUT2D eigenvalue weighted by Gasteiger charge is 2.30. The molecule has 2 heterocycles. The number of ether oxygens (including phenoxy) is 6. The van der Waals surface area contributed by atoms with Crippen molar-refractivity contribution < 1.29 is 57.2 Å². The first-order valence-corrected chi connectivity index (χ1v) is 31.4. The maximum absolute atomic E-state index is 13.2. The van der Waals surface area contributed by atoms with Crippen molar-refractivity contribution in [2.45, 2.75) is 220 Å². The lowest BCUT2D eigenvalue weighted by atomic mass is 10.1. The summed E-state index contributed by atoms with van der Waals surface area (Å²) in [6, 6.07) is 21.1. The van der Waals surface area contributed by atoms with E-state index < -0.39 is 45.9 Å². The molecule has 0 saturated carbocycles. The number of aromatic nitrogens is 2. The molecule has 1 aliphatic rings. The summed E-state index contributed by atoms with van der Waals surface area (Å²) in [5, 5.41) is 2.72. The van der Waals surface area contributed by atoms with Crippen LogP contribution in [0.3, 0.4) is 0 Å². The number of thioether (sulfide) groups is 1. The minimum absolute atomic E-state index is 0.0111. The lowest BCUT2D eigenvalue weighted by Crippen LogP contribution is -2.38. The number of nitrogens with one attached hydrogen (secondary N) is 1. The summed E-state index contributed by atoms with van der Waals surface area (Å²) in [5.41, 5.74) is -1.60. The number of hydrogen-bond acceptors (Lipinski definition) is 15. The van der Waals surface area contributed by atoms with Gasteiger partial charge in [-0.15, -0.1) is 11.8 Å². The Balaban J connectivity index is 1.13. The van der Waals surface area contributed by atoms with Crippen molar-refractivity contribution in [1.82, 2.24) is 29.2 Å². The van der Waals surface area contributed by atoms with E-state index in [0.717, 1.165) is 43.2 Å². The van der Waals surface area contributed by atoms with E-state index in [-0.39, 0.29) is 55.4 Å². The molecule has 85 heavy (non-hydrogen) atoms. The number of benzene rings is 2. The van der Waals surface area contributed by atoms with E-state index >= 15 is 0 Å².